The van der Waals surface area contributed by atoms with Gasteiger partial charge in [-0.2, -0.15) is 13.2 Å². The Bertz CT molecular complexity index is 862. The summed E-state index contributed by atoms with van der Waals surface area (Å²) in [4.78, 5) is 18.1. The number of hydrogen-bond acceptors (Lipinski definition) is 4. The van der Waals surface area contributed by atoms with Gasteiger partial charge in [-0.1, -0.05) is 31.7 Å². The summed E-state index contributed by atoms with van der Waals surface area (Å²) in [7, 11) is 0. The molecule has 2 heterocycles. The lowest BCUT2D eigenvalue weighted by Gasteiger charge is -2.15. The fourth-order valence-corrected chi connectivity index (χ4v) is 4.92. The molecule has 0 radical (unpaired) electrons. The molecule has 1 aliphatic heterocycles. The minimum atomic E-state index is -4.45. The Morgan fingerprint density at radius 1 is 1.35 bits per heavy atom. The van der Waals surface area contributed by atoms with Crippen LogP contribution in [0.3, 0.4) is 0 Å². The molecular formula is C18H19F3N2OS2. The van der Waals surface area contributed by atoms with Crippen molar-refractivity contribution >= 4 is 23.5 Å². The third-order valence-corrected chi connectivity index (χ3v) is 6.10. The van der Waals surface area contributed by atoms with Gasteiger partial charge in [0.15, 0.2) is 5.16 Å². The Morgan fingerprint density at radius 2 is 2.12 bits per heavy atom. The highest BCUT2D eigenvalue weighted by Crippen LogP contribution is 2.33. The second-order valence-electron chi connectivity index (χ2n) is 6.49. The number of thioether (sulfide) groups is 2. The van der Waals surface area contributed by atoms with E-state index < -0.39 is 11.7 Å². The number of aryl methyl sites for hydroxylation is 1. The van der Waals surface area contributed by atoms with Crippen LogP contribution >= 0.6 is 23.5 Å². The fourth-order valence-electron chi connectivity index (χ4n) is 2.62. The first-order valence-corrected chi connectivity index (χ1v) is 10.3. The standard InChI is InChI=1S/C18H19F3N2OS2/c1-11(2)6-8-26-17-22-14-7-9-25-15(14)16(24)23(17)13-5-3-4-12(10-13)18(19,20)21/h3-5,10-11H,6-9H2,1-2H3. The Balaban J connectivity index is 2.09. The highest BCUT2D eigenvalue weighted by Gasteiger charge is 2.31. The predicted octanol–water partition coefficient (Wildman–Crippen LogP) is 5.04. The summed E-state index contributed by atoms with van der Waals surface area (Å²) in [5.74, 6) is 2.04. The molecule has 0 unspecified atom stereocenters. The average Bonchev–Trinajstić information content (AvgIpc) is 3.03. The van der Waals surface area contributed by atoms with E-state index in [1.165, 1.54) is 40.2 Å². The lowest BCUT2D eigenvalue weighted by Crippen LogP contribution is -2.24. The predicted molar refractivity (Wildman–Crippen MR) is 99.4 cm³/mol. The molecule has 0 atom stereocenters. The van der Waals surface area contributed by atoms with Crippen LogP contribution < -0.4 is 5.56 Å². The van der Waals surface area contributed by atoms with Gasteiger partial charge in [0.1, 0.15) is 0 Å². The zero-order chi connectivity index (χ0) is 18.9. The quantitative estimate of drug-likeness (QED) is 0.520. The van der Waals surface area contributed by atoms with Gasteiger partial charge in [-0.05, 0) is 30.5 Å². The van der Waals surface area contributed by atoms with E-state index in [-0.39, 0.29) is 11.2 Å². The van der Waals surface area contributed by atoms with Gasteiger partial charge >= 0.3 is 6.18 Å². The van der Waals surface area contributed by atoms with Gasteiger partial charge in [-0.15, -0.1) is 11.8 Å². The Hall–Kier alpha value is -1.41. The first-order chi connectivity index (χ1) is 12.3. The van der Waals surface area contributed by atoms with Gasteiger partial charge in [-0.25, -0.2) is 4.98 Å². The maximum Gasteiger partial charge on any atom is 0.416 e. The lowest BCUT2D eigenvalue weighted by atomic mass is 10.2. The van der Waals surface area contributed by atoms with Crippen LogP contribution in [0.4, 0.5) is 13.2 Å². The summed E-state index contributed by atoms with van der Waals surface area (Å²) < 4.78 is 40.6. The van der Waals surface area contributed by atoms with Gasteiger partial charge in [-0.3, -0.25) is 9.36 Å². The van der Waals surface area contributed by atoms with E-state index in [9.17, 15) is 18.0 Å². The van der Waals surface area contributed by atoms with Crippen molar-refractivity contribution in [2.24, 2.45) is 5.92 Å². The summed E-state index contributed by atoms with van der Waals surface area (Å²) in [5, 5.41) is 0.469. The van der Waals surface area contributed by atoms with Crippen molar-refractivity contribution in [3.63, 3.8) is 0 Å². The Labute approximate surface area is 158 Å². The number of fused-ring (bicyclic) bond motifs is 1. The van der Waals surface area contributed by atoms with Crippen LogP contribution in [0.1, 0.15) is 31.5 Å². The van der Waals surface area contributed by atoms with Crippen molar-refractivity contribution in [2.45, 2.75) is 42.9 Å². The molecule has 3 nitrogen and oxygen atoms in total. The third-order valence-electron chi connectivity index (χ3n) is 4.02. The van der Waals surface area contributed by atoms with E-state index in [0.29, 0.717) is 16.0 Å². The van der Waals surface area contributed by atoms with Crippen LogP contribution in [-0.4, -0.2) is 21.1 Å². The van der Waals surface area contributed by atoms with Crippen LogP contribution in [0.25, 0.3) is 5.69 Å². The van der Waals surface area contributed by atoms with E-state index in [4.69, 9.17) is 0 Å². The van der Waals surface area contributed by atoms with Crippen LogP contribution in [0.2, 0.25) is 0 Å². The van der Waals surface area contributed by atoms with Gasteiger partial charge in [0.05, 0.1) is 21.8 Å². The fraction of sp³-hybridized carbons (Fsp3) is 0.444. The van der Waals surface area contributed by atoms with E-state index in [1.54, 1.807) is 0 Å². The average molecular weight is 400 g/mol. The molecule has 140 valence electrons. The highest BCUT2D eigenvalue weighted by atomic mass is 32.2. The molecule has 0 aliphatic carbocycles. The molecule has 26 heavy (non-hydrogen) atoms. The van der Waals surface area contributed by atoms with Crippen molar-refractivity contribution in [1.82, 2.24) is 9.55 Å². The first-order valence-electron chi connectivity index (χ1n) is 8.36. The van der Waals surface area contributed by atoms with Crippen LogP contribution in [0, 0.1) is 5.92 Å². The molecule has 0 spiro atoms. The molecule has 1 aliphatic rings. The van der Waals surface area contributed by atoms with Crippen LogP contribution in [0.15, 0.2) is 39.1 Å². The van der Waals surface area contributed by atoms with Crippen LogP contribution in [-0.2, 0) is 12.6 Å². The number of nitrogens with zero attached hydrogens (tertiary/aromatic N) is 2. The van der Waals surface area contributed by atoms with Crippen LogP contribution in [0.5, 0.6) is 0 Å². The number of rotatable bonds is 5. The van der Waals surface area contributed by atoms with E-state index in [2.05, 4.69) is 18.8 Å². The summed E-state index contributed by atoms with van der Waals surface area (Å²) in [6.45, 7) is 4.21. The topological polar surface area (TPSA) is 34.9 Å². The molecule has 1 aromatic carbocycles. The van der Waals surface area contributed by atoms with Gasteiger partial charge < -0.3 is 0 Å². The molecular weight excluding hydrogens is 381 g/mol. The summed E-state index contributed by atoms with van der Waals surface area (Å²) >= 11 is 2.85. The number of halogens is 3. The number of alkyl halides is 3. The second kappa shape index (κ2) is 7.68. The molecule has 2 aromatic rings. The smallest absolute Gasteiger partial charge is 0.268 e. The van der Waals surface area contributed by atoms with Crippen molar-refractivity contribution < 1.29 is 13.2 Å². The number of benzene rings is 1. The molecule has 0 saturated heterocycles. The van der Waals surface area contributed by atoms with Crippen molar-refractivity contribution in [3.05, 3.63) is 45.9 Å². The Morgan fingerprint density at radius 3 is 2.81 bits per heavy atom. The minimum Gasteiger partial charge on any atom is -0.268 e. The molecule has 0 bridgehead atoms. The van der Waals surface area contributed by atoms with Crippen molar-refractivity contribution in [1.29, 1.82) is 0 Å². The van der Waals surface area contributed by atoms with Crippen molar-refractivity contribution in [3.8, 4) is 5.69 Å². The number of aromatic nitrogens is 2. The molecule has 0 amide bonds. The number of hydrogen-bond donors (Lipinski definition) is 0. The van der Waals surface area contributed by atoms with Gasteiger partial charge in [0.25, 0.3) is 5.56 Å². The SMILES string of the molecule is CC(C)CCSc1nc2c(c(=O)n1-c1cccc(C(F)(F)F)c1)SCC2. The van der Waals surface area contributed by atoms with Crippen molar-refractivity contribution in [2.75, 3.05) is 11.5 Å². The van der Waals surface area contributed by atoms with E-state index in [0.717, 1.165) is 42.2 Å². The summed E-state index contributed by atoms with van der Waals surface area (Å²) in [6, 6.07) is 4.88. The molecule has 0 fully saturated rings. The van der Waals surface area contributed by atoms with Gasteiger partial charge in [0, 0.05) is 17.9 Å². The minimum absolute atomic E-state index is 0.208. The summed E-state index contributed by atoms with van der Waals surface area (Å²) in [6.07, 6.45) is -2.80. The molecule has 0 saturated carbocycles. The van der Waals surface area contributed by atoms with Gasteiger partial charge in [0.2, 0.25) is 0 Å². The first kappa shape index (κ1) is 19.4. The normalized spacial score (nSPS) is 14.1. The molecule has 8 heteroatoms. The second-order valence-corrected chi connectivity index (χ2v) is 8.66. The van der Waals surface area contributed by atoms with E-state index >= 15 is 0 Å². The largest absolute Gasteiger partial charge is 0.416 e. The molecule has 0 N–H and O–H groups in total. The maximum absolute atomic E-state index is 13.1. The maximum atomic E-state index is 13.1. The zero-order valence-corrected chi connectivity index (χ0v) is 16.1. The molecule has 1 aromatic heterocycles. The lowest BCUT2D eigenvalue weighted by molar-refractivity contribution is -0.137. The summed E-state index contributed by atoms with van der Waals surface area (Å²) in [5.41, 5.74) is -0.0769. The highest BCUT2D eigenvalue weighted by molar-refractivity contribution is 7.99. The Kier molecular flexibility index (Phi) is 5.72. The third kappa shape index (κ3) is 4.11. The van der Waals surface area contributed by atoms with E-state index in [1.807, 2.05) is 0 Å². The molecule has 3 rings (SSSR count). The zero-order valence-electron chi connectivity index (χ0n) is 14.5. The monoisotopic (exact) mass is 400 g/mol.